The monoisotopic (exact) mass is 522 g/mol. The Kier molecular flexibility index (Phi) is 8.08. The van der Waals surface area contributed by atoms with Crippen molar-refractivity contribution in [2.24, 2.45) is 0 Å². The van der Waals surface area contributed by atoms with Crippen LogP contribution >= 0.6 is 11.6 Å². The third-order valence-corrected chi connectivity index (χ3v) is 6.53. The lowest BCUT2D eigenvalue weighted by Gasteiger charge is -2.24. The number of hydrogen-bond donors (Lipinski definition) is 1. The smallest absolute Gasteiger partial charge is 0.255 e. The average molecular weight is 523 g/mol. The minimum atomic E-state index is -3.74. The molecule has 35 heavy (non-hydrogen) atoms. The SMILES string of the molecule is COc1cc(NC(=O)c2ccc(OC)c(CN(c3ccc(F)cc3)S(C)(=O)=O)c2)c(OC)cc1Cl. The molecule has 3 aromatic carbocycles. The van der Waals surface area contributed by atoms with Gasteiger partial charge in [0, 0.05) is 23.3 Å². The lowest BCUT2D eigenvalue weighted by Crippen LogP contribution is -2.29. The van der Waals surface area contributed by atoms with Crippen molar-refractivity contribution in [1.82, 2.24) is 0 Å². The number of halogens is 2. The van der Waals surface area contributed by atoms with Gasteiger partial charge in [0.25, 0.3) is 5.91 Å². The van der Waals surface area contributed by atoms with Crippen LogP contribution in [0.15, 0.2) is 54.6 Å². The number of anilines is 2. The van der Waals surface area contributed by atoms with Crippen LogP contribution in [0.4, 0.5) is 15.8 Å². The summed E-state index contributed by atoms with van der Waals surface area (Å²) < 4.78 is 55.4. The largest absolute Gasteiger partial charge is 0.496 e. The van der Waals surface area contributed by atoms with Crippen molar-refractivity contribution in [1.29, 1.82) is 0 Å². The van der Waals surface area contributed by atoms with E-state index < -0.39 is 21.7 Å². The first-order valence-electron chi connectivity index (χ1n) is 10.2. The zero-order valence-corrected chi connectivity index (χ0v) is 21.0. The van der Waals surface area contributed by atoms with Gasteiger partial charge in [-0.05, 0) is 42.5 Å². The van der Waals surface area contributed by atoms with Crippen LogP contribution in [0, 0.1) is 5.82 Å². The molecule has 0 unspecified atom stereocenters. The fourth-order valence-electron chi connectivity index (χ4n) is 3.36. The molecule has 0 aromatic heterocycles. The van der Waals surface area contributed by atoms with Gasteiger partial charge in [0.1, 0.15) is 23.1 Å². The van der Waals surface area contributed by atoms with Gasteiger partial charge in [0.05, 0.1) is 50.5 Å². The van der Waals surface area contributed by atoms with Crippen molar-refractivity contribution in [2.45, 2.75) is 6.54 Å². The van der Waals surface area contributed by atoms with Gasteiger partial charge in [-0.2, -0.15) is 0 Å². The van der Waals surface area contributed by atoms with Gasteiger partial charge in [0.2, 0.25) is 10.0 Å². The standard InChI is InChI=1S/C24H24ClFN2O6S/c1-32-21-10-5-15(24(29)27-20-13-22(33-2)19(25)12-23(20)34-3)11-16(21)14-28(35(4,30)31)18-8-6-17(26)7-9-18/h5-13H,14H2,1-4H3,(H,27,29). The van der Waals surface area contributed by atoms with E-state index in [0.29, 0.717) is 33.5 Å². The molecule has 8 nitrogen and oxygen atoms in total. The van der Waals surface area contributed by atoms with Crippen molar-refractivity contribution in [3.63, 3.8) is 0 Å². The van der Waals surface area contributed by atoms with Crippen molar-refractivity contribution in [2.75, 3.05) is 37.2 Å². The van der Waals surface area contributed by atoms with Crippen LogP contribution in [0.2, 0.25) is 5.02 Å². The van der Waals surface area contributed by atoms with Gasteiger partial charge in [-0.1, -0.05) is 11.6 Å². The van der Waals surface area contributed by atoms with E-state index in [0.717, 1.165) is 10.6 Å². The summed E-state index contributed by atoms with van der Waals surface area (Å²) >= 11 is 6.13. The molecule has 0 heterocycles. The number of rotatable bonds is 9. The van der Waals surface area contributed by atoms with Gasteiger partial charge in [-0.15, -0.1) is 0 Å². The molecule has 0 aliphatic rings. The summed E-state index contributed by atoms with van der Waals surface area (Å²) in [6.45, 7) is -0.146. The molecule has 3 aromatic rings. The Bertz CT molecular complexity index is 1330. The van der Waals surface area contributed by atoms with Gasteiger partial charge < -0.3 is 19.5 Å². The van der Waals surface area contributed by atoms with Gasteiger partial charge in [-0.25, -0.2) is 12.8 Å². The van der Waals surface area contributed by atoms with E-state index in [1.807, 2.05) is 0 Å². The molecule has 0 aliphatic carbocycles. The third kappa shape index (κ3) is 6.14. The molecule has 0 fully saturated rings. The van der Waals surface area contributed by atoms with E-state index in [1.54, 1.807) is 12.1 Å². The normalized spacial score (nSPS) is 11.0. The second kappa shape index (κ2) is 10.8. The first-order chi connectivity index (χ1) is 16.6. The van der Waals surface area contributed by atoms with E-state index in [1.165, 1.54) is 63.8 Å². The first kappa shape index (κ1) is 26.1. The molecular formula is C24H24ClFN2O6S. The predicted molar refractivity (Wildman–Crippen MR) is 133 cm³/mol. The van der Waals surface area contributed by atoms with Crippen molar-refractivity contribution >= 4 is 38.9 Å². The number of carbonyl (C=O) groups excluding carboxylic acids is 1. The second-order valence-electron chi connectivity index (χ2n) is 7.41. The summed E-state index contributed by atoms with van der Waals surface area (Å²) in [5.74, 6) is 0.0822. The maximum atomic E-state index is 13.4. The minimum Gasteiger partial charge on any atom is -0.496 e. The Morgan fingerprint density at radius 3 is 2.14 bits per heavy atom. The van der Waals surface area contributed by atoms with Gasteiger partial charge in [-0.3, -0.25) is 9.10 Å². The molecule has 186 valence electrons. The Morgan fingerprint density at radius 1 is 0.943 bits per heavy atom. The Morgan fingerprint density at radius 2 is 1.57 bits per heavy atom. The van der Waals surface area contributed by atoms with E-state index in [2.05, 4.69) is 5.32 Å². The van der Waals surface area contributed by atoms with E-state index in [4.69, 9.17) is 25.8 Å². The highest BCUT2D eigenvalue weighted by Gasteiger charge is 2.21. The van der Waals surface area contributed by atoms with E-state index in [-0.39, 0.29) is 17.8 Å². The summed E-state index contributed by atoms with van der Waals surface area (Å²) in [7, 11) is 0.579. The van der Waals surface area contributed by atoms with Crippen LogP contribution in [0.5, 0.6) is 17.2 Å². The summed E-state index contributed by atoms with van der Waals surface area (Å²) in [5, 5.41) is 3.06. The number of methoxy groups -OCH3 is 3. The molecule has 0 saturated carbocycles. The quantitative estimate of drug-likeness (QED) is 0.437. The fraction of sp³-hybridized carbons (Fsp3) is 0.208. The zero-order chi connectivity index (χ0) is 25.8. The number of amides is 1. The van der Waals surface area contributed by atoms with Gasteiger partial charge in [0.15, 0.2) is 0 Å². The highest BCUT2D eigenvalue weighted by Crippen LogP contribution is 2.36. The summed E-state index contributed by atoms with van der Waals surface area (Å²) in [5.41, 5.74) is 1.27. The first-order valence-corrected chi connectivity index (χ1v) is 12.4. The molecule has 1 N–H and O–H groups in total. The van der Waals surface area contributed by atoms with Crippen LogP contribution < -0.4 is 23.8 Å². The molecule has 11 heteroatoms. The maximum absolute atomic E-state index is 13.4. The molecule has 0 spiro atoms. The van der Waals surface area contributed by atoms with Crippen LogP contribution in [-0.4, -0.2) is 41.9 Å². The number of nitrogens with one attached hydrogen (secondary N) is 1. The molecule has 0 aliphatic heterocycles. The molecule has 0 saturated heterocycles. The van der Waals surface area contributed by atoms with Crippen molar-refractivity contribution < 1.29 is 31.8 Å². The Hall–Kier alpha value is -3.50. The predicted octanol–water partition coefficient (Wildman–Crippen LogP) is 4.72. The number of benzene rings is 3. The molecule has 0 atom stereocenters. The van der Waals surface area contributed by atoms with Crippen molar-refractivity contribution in [3.05, 3.63) is 76.6 Å². The second-order valence-corrected chi connectivity index (χ2v) is 9.73. The number of hydrogen-bond acceptors (Lipinski definition) is 6. The van der Waals surface area contributed by atoms with Crippen molar-refractivity contribution in [3.8, 4) is 17.2 Å². The summed E-state index contributed by atoms with van der Waals surface area (Å²) in [6, 6.07) is 12.7. The zero-order valence-electron chi connectivity index (χ0n) is 19.5. The van der Waals surface area contributed by atoms with E-state index in [9.17, 15) is 17.6 Å². The Labute approximate surface area is 208 Å². The van der Waals surface area contributed by atoms with Crippen LogP contribution in [0.3, 0.4) is 0 Å². The highest BCUT2D eigenvalue weighted by molar-refractivity contribution is 7.92. The summed E-state index contributed by atoms with van der Waals surface area (Å²) in [4.78, 5) is 13.1. The highest BCUT2D eigenvalue weighted by atomic mass is 35.5. The molecule has 0 radical (unpaired) electrons. The van der Waals surface area contributed by atoms with Crippen LogP contribution in [0.1, 0.15) is 15.9 Å². The average Bonchev–Trinajstić information content (AvgIpc) is 2.83. The molecule has 1 amide bonds. The maximum Gasteiger partial charge on any atom is 0.255 e. The van der Waals surface area contributed by atoms with Crippen LogP contribution in [-0.2, 0) is 16.6 Å². The summed E-state index contributed by atoms with van der Waals surface area (Å²) in [6.07, 6.45) is 1.04. The van der Waals surface area contributed by atoms with E-state index >= 15 is 0 Å². The lowest BCUT2D eigenvalue weighted by molar-refractivity contribution is 0.102. The minimum absolute atomic E-state index is 0.146. The number of ether oxygens (including phenoxy) is 3. The topological polar surface area (TPSA) is 94.2 Å². The lowest BCUT2D eigenvalue weighted by atomic mass is 10.1. The van der Waals surface area contributed by atoms with Gasteiger partial charge >= 0.3 is 0 Å². The molecular weight excluding hydrogens is 499 g/mol. The number of carbonyl (C=O) groups is 1. The molecule has 0 bridgehead atoms. The fourth-order valence-corrected chi connectivity index (χ4v) is 4.47. The number of nitrogens with zero attached hydrogens (tertiary/aromatic N) is 1. The Balaban J connectivity index is 1.96. The molecule has 3 rings (SSSR count). The third-order valence-electron chi connectivity index (χ3n) is 5.09. The van der Waals surface area contributed by atoms with Crippen LogP contribution in [0.25, 0.3) is 0 Å². The number of sulfonamides is 1.